The molecule has 38 heavy (non-hydrogen) atoms. The molecule has 0 saturated heterocycles. The summed E-state index contributed by atoms with van der Waals surface area (Å²) in [6.07, 6.45) is -0.0463. The summed E-state index contributed by atoms with van der Waals surface area (Å²) in [5, 5.41) is 12.0. The number of azide groups is 1. The molecule has 1 aliphatic rings. The number of carbonyl (C=O) groups excluding carboxylic acids is 4. The van der Waals surface area contributed by atoms with Crippen molar-refractivity contribution in [3.63, 3.8) is 0 Å². The van der Waals surface area contributed by atoms with Crippen molar-refractivity contribution in [1.29, 1.82) is 0 Å². The molecule has 0 atom stereocenters. The molecule has 1 heterocycles. The monoisotopic (exact) mass is 536 g/mol. The quantitative estimate of drug-likeness (QED) is 0.137. The minimum absolute atomic E-state index is 0.0523. The summed E-state index contributed by atoms with van der Waals surface area (Å²) in [4.78, 5) is 53.8. The maximum Gasteiger partial charge on any atom is 0.306 e. The van der Waals surface area contributed by atoms with Gasteiger partial charge in [0.15, 0.2) is 6.61 Å². The number of hydrogen-bond acceptors (Lipinski definition) is 8. The molecule has 0 aliphatic carbocycles. The van der Waals surface area contributed by atoms with Gasteiger partial charge in [-0.3, -0.25) is 24.1 Å². The largest absolute Gasteiger partial charge is 0.456 e. The van der Waals surface area contributed by atoms with E-state index in [-0.39, 0.29) is 41.1 Å². The topological polar surface area (TPSA) is 202 Å². The van der Waals surface area contributed by atoms with E-state index >= 15 is 0 Å². The van der Waals surface area contributed by atoms with Crippen LogP contribution in [0.4, 0.5) is 11.4 Å². The van der Waals surface area contributed by atoms with Gasteiger partial charge in [0.2, 0.25) is 10.0 Å². The zero-order valence-corrected chi connectivity index (χ0v) is 20.5. The first-order valence-corrected chi connectivity index (χ1v) is 12.7. The Morgan fingerprint density at radius 3 is 2.37 bits per heavy atom. The lowest BCUT2D eigenvalue weighted by Gasteiger charge is -2.27. The fourth-order valence-electron chi connectivity index (χ4n) is 3.99. The predicted octanol–water partition coefficient (Wildman–Crippen LogP) is 2.99. The maximum atomic E-state index is 13.0. The Balaban J connectivity index is 1.31. The summed E-state index contributed by atoms with van der Waals surface area (Å²) in [7, 11) is -3.87. The first kappa shape index (κ1) is 26.3. The first-order chi connectivity index (χ1) is 18.1. The number of nitrogens with zero attached hydrogens (tertiary/aromatic N) is 4. The lowest BCUT2D eigenvalue weighted by Crippen LogP contribution is -2.41. The second kappa shape index (κ2) is 10.7. The number of amides is 3. The van der Waals surface area contributed by atoms with Crippen LogP contribution in [0.2, 0.25) is 0 Å². The molecule has 194 valence electrons. The summed E-state index contributed by atoms with van der Waals surface area (Å²) in [6.45, 7) is -0.635. The van der Waals surface area contributed by atoms with Crippen molar-refractivity contribution in [2.24, 2.45) is 10.3 Å². The fourth-order valence-corrected chi connectivity index (χ4v) is 4.51. The predicted molar refractivity (Wildman–Crippen MR) is 135 cm³/mol. The van der Waals surface area contributed by atoms with E-state index in [0.717, 1.165) is 4.90 Å². The molecule has 14 heteroatoms. The highest BCUT2D eigenvalue weighted by atomic mass is 32.2. The molecule has 3 aromatic rings. The van der Waals surface area contributed by atoms with Gasteiger partial charge in [-0.05, 0) is 53.7 Å². The molecule has 0 spiro atoms. The van der Waals surface area contributed by atoms with Gasteiger partial charge in [-0.1, -0.05) is 23.3 Å². The molecule has 3 amide bonds. The third kappa shape index (κ3) is 5.47. The molecule has 0 bridgehead atoms. The van der Waals surface area contributed by atoms with Gasteiger partial charge in [-0.25, -0.2) is 13.6 Å². The number of primary sulfonamides is 1. The zero-order valence-electron chi connectivity index (χ0n) is 19.7. The van der Waals surface area contributed by atoms with Crippen LogP contribution in [0, 0.1) is 0 Å². The highest BCUT2D eigenvalue weighted by molar-refractivity contribution is 7.89. The summed E-state index contributed by atoms with van der Waals surface area (Å²) in [6, 6.07) is 13.0. The normalized spacial score (nSPS) is 12.7. The standard InChI is InChI=1S/C24H20N6O7S/c25-29-28-19-11-10-18-22-16(19)3-1-4-17(22)23(33)30(24(18)34)12-2-5-21(32)37-13-20(31)27-14-6-8-15(9-7-14)38(26,35)36/h1,3-4,6-11H,2,5,12-13H2,(H,27,31)(H2,26,35,36). The molecular formula is C24H20N6O7S. The summed E-state index contributed by atoms with van der Waals surface area (Å²) < 4.78 is 27.5. The van der Waals surface area contributed by atoms with Gasteiger partial charge in [0.1, 0.15) is 0 Å². The summed E-state index contributed by atoms with van der Waals surface area (Å²) >= 11 is 0. The number of benzene rings is 3. The Morgan fingerprint density at radius 1 is 1.03 bits per heavy atom. The third-order valence-corrected chi connectivity index (χ3v) is 6.64. The highest BCUT2D eigenvalue weighted by Gasteiger charge is 2.33. The van der Waals surface area contributed by atoms with E-state index in [4.69, 9.17) is 15.4 Å². The molecule has 0 unspecified atom stereocenters. The van der Waals surface area contributed by atoms with Crippen LogP contribution >= 0.6 is 0 Å². The molecule has 0 aromatic heterocycles. The number of imide groups is 1. The van der Waals surface area contributed by atoms with Gasteiger partial charge in [0, 0.05) is 45.8 Å². The average Bonchev–Trinajstić information content (AvgIpc) is 2.88. The van der Waals surface area contributed by atoms with Gasteiger partial charge in [-0.15, -0.1) is 0 Å². The molecule has 3 N–H and O–H groups in total. The summed E-state index contributed by atoms with van der Waals surface area (Å²) in [5.74, 6) is -2.42. The second-order valence-corrected chi connectivity index (χ2v) is 9.75. The van der Waals surface area contributed by atoms with Crippen molar-refractivity contribution >= 4 is 55.9 Å². The number of nitrogens with two attached hydrogens (primary N) is 1. The number of esters is 1. The van der Waals surface area contributed by atoms with Crippen LogP contribution in [0.25, 0.3) is 21.2 Å². The Morgan fingerprint density at radius 2 is 1.71 bits per heavy atom. The van der Waals surface area contributed by atoms with Gasteiger partial charge in [0.05, 0.1) is 4.90 Å². The lowest BCUT2D eigenvalue weighted by atomic mass is 9.93. The van der Waals surface area contributed by atoms with Crippen LogP contribution < -0.4 is 10.5 Å². The van der Waals surface area contributed by atoms with E-state index in [0.29, 0.717) is 16.5 Å². The molecule has 1 aliphatic heterocycles. The Hall–Kier alpha value is -4.78. The number of rotatable bonds is 9. The van der Waals surface area contributed by atoms with Gasteiger partial charge >= 0.3 is 5.97 Å². The van der Waals surface area contributed by atoms with Crippen LogP contribution in [-0.2, 0) is 24.3 Å². The lowest BCUT2D eigenvalue weighted by molar-refractivity contribution is -0.147. The van der Waals surface area contributed by atoms with E-state index in [1.54, 1.807) is 18.2 Å². The Kier molecular flexibility index (Phi) is 7.39. The van der Waals surface area contributed by atoms with E-state index in [1.807, 2.05) is 0 Å². The smallest absolute Gasteiger partial charge is 0.306 e. The number of anilines is 1. The fraction of sp³-hybridized carbons (Fsp3) is 0.167. The van der Waals surface area contributed by atoms with Gasteiger partial charge in [-0.2, -0.15) is 0 Å². The number of carbonyl (C=O) groups is 4. The summed E-state index contributed by atoms with van der Waals surface area (Å²) in [5.41, 5.74) is 9.92. The molecule has 0 saturated carbocycles. The van der Waals surface area contributed by atoms with Crippen molar-refractivity contribution in [1.82, 2.24) is 4.90 Å². The molecule has 0 fully saturated rings. The molecule has 3 aromatic carbocycles. The van der Waals surface area contributed by atoms with Crippen molar-refractivity contribution in [3.05, 3.63) is 76.2 Å². The third-order valence-electron chi connectivity index (χ3n) is 5.71. The van der Waals surface area contributed by atoms with E-state index in [1.165, 1.54) is 36.4 Å². The SMILES string of the molecule is [N-]=[N+]=Nc1ccc2c3c(cccc13)C(=O)N(CCCC(=O)OCC(=O)Nc1ccc(S(N)(=O)=O)cc1)C2=O. The van der Waals surface area contributed by atoms with Crippen LogP contribution in [0.3, 0.4) is 0 Å². The first-order valence-electron chi connectivity index (χ1n) is 11.2. The van der Waals surface area contributed by atoms with Crippen molar-refractivity contribution in [2.75, 3.05) is 18.5 Å². The minimum Gasteiger partial charge on any atom is -0.456 e. The van der Waals surface area contributed by atoms with Gasteiger partial charge in [0.25, 0.3) is 17.7 Å². The van der Waals surface area contributed by atoms with E-state index in [2.05, 4.69) is 15.3 Å². The molecule has 4 rings (SSSR count). The van der Waals surface area contributed by atoms with Crippen molar-refractivity contribution in [3.8, 4) is 0 Å². The van der Waals surface area contributed by atoms with E-state index in [9.17, 15) is 27.6 Å². The molecule has 13 nitrogen and oxygen atoms in total. The number of nitrogens with one attached hydrogen (secondary N) is 1. The average molecular weight is 537 g/mol. The maximum absolute atomic E-state index is 13.0. The molecular weight excluding hydrogens is 516 g/mol. The zero-order chi connectivity index (χ0) is 27.4. The minimum atomic E-state index is -3.87. The number of sulfonamides is 1. The van der Waals surface area contributed by atoms with Crippen molar-refractivity contribution in [2.45, 2.75) is 17.7 Å². The Bertz CT molecular complexity index is 1610. The van der Waals surface area contributed by atoms with Crippen LogP contribution in [-0.4, -0.2) is 50.2 Å². The van der Waals surface area contributed by atoms with Crippen LogP contribution in [0.15, 0.2) is 64.6 Å². The van der Waals surface area contributed by atoms with Gasteiger partial charge < -0.3 is 10.1 Å². The Labute approximate surface area is 215 Å². The van der Waals surface area contributed by atoms with Crippen LogP contribution in [0.5, 0.6) is 0 Å². The number of hydrogen-bond donors (Lipinski definition) is 2. The highest BCUT2D eigenvalue weighted by Crippen LogP contribution is 2.35. The van der Waals surface area contributed by atoms with Crippen LogP contribution in [0.1, 0.15) is 33.6 Å². The van der Waals surface area contributed by atoms with Crippen molar-refractivity contribution < 1.29 is 32.3 Å². The second-order valence-electron chi connectivity index (χ2n) is 8.19. The number of ether oxygens (including phenoxy) is 1. The van der Waals surface area contributed by atoms with E-state index < -0.39 is 40.3 Å². The molecule has 0 radical (unpaired) electrons.